The normalized spacial score (nSPS) is 21.6. The van der Waals surface area contributed by atoms with Crippen LogP contribution in [0.3, 0.4) is 0 Å². The molecular formula is C33H36N4O. The maximum absolute atomic E-state index is 6.19. The van der Waals surface area contributed by atoms with Gasteiger partial charge in [-0.15, -0.1) is 0 Å². The smallest absolute Gasteiger partial charge is 0.147 e. The number of dihydropyridines is 1. The molecule has 1 saturated heterocycles. The molecule has 0 amide bonds. The van der Waals surface area contributed by atoms with E-state index in [1.807, 2.05) is 29.5 Å². The van der Waals surface area contributed by atoms with Gasteiger partial charge >= 0.3 is 0 Å². The number of rotatable bonds is 8. The van der Waals surface area contributed by atoms with Gasteiger partial charge in [-0.25, -0.2) is 5.06 Å². The predicted octanol–water partition coefficient (Wildman–Crippen LogP) is 5.42. The van der Waals surface area contributed by atoms with Gasteiger partial charge in [0.25, 0.3) is 0 Å². The topological polar surface area (TPSA) is 31.0 Å². The molecule has 0 aliphatic carbocycles. The number of fused-ring (bicyclic) bond motifs is 1. The van der Waals surface area contributed by atoms with Gasteiger partial charge in [-0.3, -0.25) is 14.6 Å². The third-order valence-corrected chi connectivity index (χ3v) is 7.65. The Balaban J connectivity index is 1.09. The molecule has 0 saturated carbocycles. The number of hydrogen-bond acceptors (Lipinski definition) is 5. The average molecular weight is 505 g/mol. The highest BCUT2D eigenvalue weighted by atomic mass is 16.7. The molecule has 3 aliphatic heterocycles. The van der Waals surface area contributed by atoms with Crippen LogP contribution in [0, 0.1) is 0 Å². The van der Waals surface area contributed by atoms with Crippen LogP contribution in [-0.4, -0.2) is 47.2 Å². The average Bonchev–Trinajstić information content (AvgIpc) is 2.98. The summed E-state index contributed by atoms with van der Waals surface area (Å²) in [5.41, 5.74) is 6.57. The van der Waals surface area contributed by atoms with Crippen LogP contribution in [0.5, 0.6) is 0 Å². The highest BCUT2D eigenvalue weighted by molar-refractivity contribution is 5.42. The van der Waals surface area contributed by atoms with Crippen molar-refractivity contribution in [1.29, 1.82) is 0 Å². The molecule has 5 heteroatoms. The lowest BCUT2D eigenvalue weighted by Gasteiger charge is -2.39. The zero-order chi connectivity index (χ0) is 25.6. The monoisotopic (exact) mass is 504 g/mol. The van der Waals surface area contributed by atoms with Crippen LogP contribution in [-0.2, 0) is 24.5 Å². The van der Waals surface area contributed by atoms with E-state index in [0.29, 0.717) is 6.61 Å². The molecular weight excluding hydrogens is 468 g/mol. The standard InChI is InChI=1S/C33H36N4O/c1-3-9-27(10-4-1)24-35-19-21-36(22-20-35)25-29-13-7-14-30(23-29)31-16-18-37(33-32(31)15-8-17-34-33)38-26-28-11-5-2-6-12-28/h1-18,23,31,33-34H,19-22,24-26H2. The number of nitrogens with zero attached hydrogens (tertiary/aromatic N) is 3. The van der Waals surface area contributed by atoms with E-state index in [-0.39, 0.29) is 12.1 Å². The molecule has 3 aliphatic rings. The second kappa shape index (κ2) is 11.8. The molecule has 194 valence electrons. The zero-order valence-corrected chi connectivity index (χ0v) is 21.8. The van der Waals surface area contributed by atoms with Gasteiger partial charge in [0.1, 0.15) is 6.17 Å². The number of allylic oxidation sites excluding steroid dienone is 3. The minimum Gasteiger partial charge on any atom is -0.366 e. The fraction of sp³-hybridized carbons (Fsp3) is 0.273. The molecule has 0 bridgehead atoms. The van der Waals surface area contributed by atoms with Gasteiger partial charge in [-0.1, -0.05) is 97.1 Å². The quantitative estimate of drug-likeness (QED) is 0.443. The minimum absolute atomic E-state index is 0.0138. The van der Waals surface area contributed by atoms with Gasteiger partial charge in [0.15, 0.2) is 0 Å². The Bertz CT molecular complexity index is 1280. The summed E-state index contributed by atoms with van der Waals surface area (Å²) in [6.45, 7) is 7.03. The van der Waals surface area contributed by atoms with E-state index in [0.717, 1.165) is 44.8 Å². The van der Waals surface area contributed by atoms with Crippen molar-refractivity contribution in [2.75, 3.05) is 26.2 Å². The summed E-state index contributed by atoms with van der Waals surface area (Å²) in [6.07, 6.45) is 10.6. The van der Waals surface area contributed by atoms with Crippen LogP contribution in [0.2, 0.25) is 0 Å². The van der Waals surface area contributed by atoms with E-state index >= 15 is 0 Å². The summed E-state index contributed by atoms with van der Waals surface area (Å²) >= 11 is 0. The van der Waals surface area contributed by atoms with Crippen molar-refractivity contribution < 1.29 is 4.84 Å². The number of nitrogens with one attached hydrogen (secondary N) is 1. The van der Waals surface area contributed by atoms with E-state index < -0.39 is 0 Å². The molecule has 2 unspecified atom stereocenters. The summed E-state index contributed by atoms with van der Waals surface area (Å²) < 4.78 is 0. The minimum atomic E-state index is -0.0138. The van der Waals surface area contributed by atoms with Crippen LogP contribution in [0.15, 0.2) is 121 Å². The second-order valence-corrected chi connectivity index (χ2v) is 10.3. The lowest BCUT2D eigenvalue weighted by molar-refractivity contribution is -0.159. The summed E-state index contributed by atoms with van der Waals surface area (Å²) in [5.74, 6) is 0.219. The molecule has 3 aromatic rings. The number of benzene rings is 3. The van der Waals surface area contributed by atoms with Crippen LogP contribution in [0.1, 0.15) is 28.2 Å². The van der Waals surface area contributed by atoms with Crippen LogP contribution >= 0.6 is 0 Å². The first kappa shape index (κ1) is 24.7. The Hall–Kier alpha value is -3.64. The van der Waals surface area contributed by atoms with E-state index in [1.165, 1.54) is 22.3 Å². The number of hydroxylamine groups is 2. The van der Waals surface area contributed by atoms with Crippen molar-refractivity contribution in [2.24, 2.45) is 0 Å². The van der Waals surface area contributed by atoms with Gasteiger partial charge in [-0.2, -0.15) is 0 Å². The van der Waals surface area contributed by atoms with E-state index in [2.05, 4.69) is 106 Å². The predicted molar refractivity (Wildman–Crippen MR) is 153 cm³/mol. The summed E-state index contributed by atoms with van der Waals surface area (Å²) in [7, 11) is 0. The van der Waals surface area contributed by atoms with Crippen molar-refractivity contribution in [1.82, 2.24) is 20.2 Å². The Morgan fingerprint density at radius 2 is 1.39 bits per heavy atom. The fourth-order valence-electron chi connectivity index (χ4n) is 5.59. The first-order valence-electron chi connectivity index (χ1n) is 13.7. The molecule has 2 atom stereocenters. The number of piperazine rings is 1. The molecule has 1 N–H and O–H groups in total. The lowest BCUT2D eigenvalue weighted by atomic mass is 9.85. The van der Waals surface area contributed by atoms with Gasteiger partial charge in [0, 0.05) is 51.4 Å². The Labute approximate surface area is 226 Å². The van der Waals surface area contributed by atoms with E-state index in [1.54, 1.807) is 0 Å². The molecule has 3 heterocycles. The third kappa shape index (κ3) is 5.91. The van der Waals surface area contributed by atoms with E-state index in [4.69, 9.17) is 4.84 Å². The summed E-state index contributed by atoms with van der Waals surface area (Å²) in [5, 5.41) is 5.44. The molecule has 38 heavy (non-hydrogen) atoms. The van der Waals surface area contributed by atoms with Crippen molar-refractivity contribution in [3.8, 4) is 0 Å². The van der Waals surface area contributed by atoms with Gasteiger partial charge < -0.3 is 5.32 Å². The van der Waals surface area contributed by atoms with Crippen molar-refractivity contribution in [3.63, 3.8) is 0 Å². The third-order valence-electron chi connectivity index (χ3n) is 7.65. The summed E-state index contributed by atoms with van der Waals surface area (Å²) in [4.78, 5) is 11.3. The Kier molecular flexibility index (Phi) is 7.68. The van der Waals surface area contributed by atoms with Gasteiger partial charge in [0.2, 0.25) is 0 Å². The van der Waals surface area contributed by atoms with Crippen LogP contribution < -0.4 is 5.32 Å². The molecule has 0 radical (unpaired) electrons. The molecule has 0 spiro atoms. The van der Waals surface area contributed by atoms with Crippen LogP contribution in [0.4, 0.5) is 0 Å². The highest BCUT2D eigenvalue weighted by Crippen LogP contribution is 2.35. The second-order valence-electron chi connectivity index (χ2n) is 10.3. The first-order valence-corrected chi connectivity index (χ1v) is 13.7. The van der Waals surface area contributed by atoms with Gasteiger partial charge in [-0.05, 0) is 40.1 Å². The molecule has 1 fully saturated rings. The zero-order valence-electron chi connectivity index (χ0n) is 21.8. The molecule has 3 aromatic carbocycles. The first-order chi connectivity index (χ1) is 18.8. The van der Waals surface area contributed by atoms with Gasteiger partial charge in [0.05, 0.1) is 6.61 Å². The maximum atomic E-state index is 6.19. The van der Waals surface area contributed by atoms with Crippen molar-refractivity contribution >= 4 is 0 Å². The van der Waals surface area contributed by atoms with Crippen LogP contribution in [0.25, 0.3) is 0 Å². The highest BCUT2D eigenvalue weighted by Gasteiger charge is 2.31. The largest absolute Gasteiger partial charge is 0.366 e. The maximum Gasteiger partial charge on any atom is 0.147 e. The molecule has 0 aromatic heterocycles. The SMILES string of the molecule is C1=CNC2C(=C1)C(c1cccc(CN3CCN(Cc4ccccc4)CC3)c1)C=CN2OCc1ccccc1. The fourth-order valence-corrected chi connectivity index (χ4v) is 5.59. The van der Waals surface area contributed by atoms with Crippen molar-refractivity contribution in [2.45, 2.75) is 31.8 Å². The molecule has 5 nitrogen and oxygen atoms in total. The van der Waals surface area contributed by atoms with Crippen molar-refractivity contribution in [3.05, 3.63) is 143 Å². The lowest BCUT2D eigenvalue weighted by Crippen LogP contribution is -2.46. The Morgan fingerprint density at radius 3 is 2.13 bits per heavy atom. The Morgan fingerprint density at radius 1 is 0.737 bits per heavy atom. The molecule has 6 rings (SSSR count). The summed E-state index contributed by atoms with van der Waals surface area (Å²) in [6, 6.07) is 30.2. The number of hydrogen-bond donors (Lipinski definition) is 1. The van der Waals surface area contributed by atoms with E-state index in [9.17, 15) is 0 Å².